The van der Waals surface area contributed by atoms with Crippen LogP contribution in [-0.4, -0.2) is 23.6 Å². The summed E-state index contributed by atoms with van der Waals surface area (Å²) in [6, 6.07) is 7.73. The molecule has 122 valence electrons. The zero-order chi connectivity index (χ0) is 15.0. The Labute approximate surface area is 137 Å². The standard InChI is InChI=1S/C17H24N2O2.ClH/c1-10-2-4-11(5-3-10)14(20)9-19-17(21)15-12-6-7-13(8-12)16(15)18;/h2-5,12-16,20H,6-9,18H2,1H3,(H,19,21);1H. The number of fused-ring (bicyclic) bond motifs is 2. The molecule has 1 aromatic rings. The van der Waals surface area contributed by atoms with E-state index in [2.05, 4.69) is 5.32 Å². The van der Waals surface area contributed by atoms with Crippen molar-refractivity contribution in [3.8, 4) is 0 Å². The van der Waals surface area contributed by atoms with Crippen LogP contribution in [0.25, 0.3) is 0 Å². The third-order valence-corrected chi connectivity index (χ3v) is 5.22. The van der Waals surface area contributed by atoms with E-state index in [1.807, 2.05) is 31.2 Å². The third kappa shape index (κ3) is 3.29. The molecule has 2 aliphatic carbocycles. The molecule has 5 atom stereocenters. The van der Waals surface area contributed by atoms with Crippen LogP contribution in [0, 0.1) is 24.7 Å². The van der Waals surface area contributed by atoms with Crippen molar-refractivity contribution < 1.29 is 9.90 Å². The predicted molar refractivity (Wildman–Crippen MR) is 88.7 cm³/mol. The summed E-state index contributed by atoms with van der Waals surface area (Å²) >= 11 is 0. The van der Waals surface area contributed by atoms with Crippen LogP contribution in [0.15, 0.2) is 24.3 Å². The molecular weight excluding hydrogens is 300 g/mol. The smallest absolute Gasteiger partial charge is 0.225 e. The lowest BCUT2D eigenvalue weighted by atomic mass is 9.84. The van der Waals surface area contributed by atoms with Gasteiger partial charge in [0.25, 0.3) is 0 Å². The molecular formula is C17H25ClN2O2. The Morgan fingerprint density at radius 2 is 1.95 bits per heavy atom. The summed E-state index contributed by atoms with van der Waals surface area (Å²) < 4.78 is 0. The summed E-state index contributed by atoms with van der Waals surface area (Å²) in [5, 5.41) is 13.0. The SMILES string of the molecule is Cc1ccc(C(O)CNC(=O)C2C3CCC(C3)C2N)cc1.Cl. The van der Waals surface area contributed by atoms with E-state index in [9.17, 15) is 9.90 Å². The summed E-state index contributed by atoms with van der Waals surface area (Å²) in [5.74, 6) is 0.920. The molecule has 0 saturated heterocycles. The summed E-state index contributed by atoms with van der Waals surface area (Å²) in [6.45, 7) is 2.26. The lowest BCUT2D eigenvalue weighted by molar-refractivity contribution is -0.127. The normalized spacial score (nSPS) is 30.7. The van der Waals surface area contributed by atoms with Crippen molar-refractivity contribution in [3.05, 3.63) is 35.4 Å². The van der Waals surface area contributed by atoms with Crippen molar-refractivity contribution in [3.63, 3.8) is 0 Å². The monoisotopic (exact) mass is 324 g/mol. The fourth-order valence-corrected chi connectivity index (χ4v) is 3.95. The number of nitrogens with two attached hydrogens (primary N) is 1. The molecule has 4 nitrogen and oxygen atoms in total. The number of rotatable bonds is 4. The van der Waals surface area contributed by atoms with E-state index in [0.29, 0.717) is 11.8 Å². The number of aliphatic hydroxyl groups is 1. The second kappa shape index (κ2) is 6.99. The van der Waals surface area contributed by atoms with Gasteiger partial charge in [-0.2, -0.15) is 0 Å². The highest BCUT2D eigenvalue weighted by molar-refractivity contribution is 5.85. The highest BCUT2D eigenvalue weighted by Gasteiger charge is 2.48. The summed E-state index contributed by atoms with van der Waals surface area (Å²) in [7, 11) is 0. The molecule has 2 bridgehead atoms. The molecule has 22 heavy (non-hydrogen) atoms. The molecule has 2 fully saturated rings. The van der Waals surface area contributed by atoms with Gasteiger partial charge < -0.3 is 16.2 Å². The largest absolute Gasteiger partial charge is 0.387 e. The lowest BCUT2D eigenvalue weighted by Crippen LogP contribution is -2.46. The highest BCUT2D eigenvalue weighted by atomic mass is 35.5. The van der Waals surface area contributed by atoms with Crippen molar-refractivity contribution in [2.45, 2.75) is 38.3 Å². The van der Waals surface area contributed by atoms with Crippen molar-refractivity contribution in [1.29, 1.82) is 0 Å². The summed E-state index contributed by atoms with van der Waals surface area (Å²) in [4.78, 5) is 12.3. The molecule has 1 amide bonds. The first-order valence-electron chi connectivity index (χ1n) is 7.84. The van der Waals surface area contributed by atoms with Gasteiger partial charge >= 0.3 is 0 Å². The molecule has 3 rings (SSSR count). The van der Waals surface area contributed by atoms with Gasteiger partial charge in [-0.05, 0) is 43.6 Å². The molecule has 1 aromatic carbocycles. The molecule has 0 aliphatic heterocycles. The van der Waals surface area contributed by atoms with E-state index in [1.165, 1.54) is 6.42 Å². The quantitative estimate of drug-likeness (QED) is 0.792. The number of carbonyl (C=O) groups is 1. The highest BCUT2D eigenvalue weighted by Crippen LogP contribution is 2.47. The number of nitrogens with one attached hydrogen (secondary N) is 1. The fraction of sp³-hybridized carbons (Fsp3) is 0.588. The average molecular weight is 325 g/mol. The van der Waals surface area contributed by atoms with Gasteiger partial charge in [0.1, 0.15) is 0 Å². The number of aliphatic hydroxyl groups excluding tert-OH is 1. The molecule has 5 unspecified atom stereocenters. The lowest BCUT2D eigenvalue weighted by Gasteiger charge is -2.27. The van der Waals surface area contributed by atoms with Gasteiger partial charge in [-0.15, -0.1) is 12.4 Å². The Kier molecular flexibility index (Phi) is 5.48. The zero-order valence-electron chi connectivity index (χ0n) is 12.9. The fourth-order valence-electron chi connectivity index (χ4n) is 3.95. The van der Waals surface area contributed by atoms with Crippen LogP contribution in [0.4, 0.5) is 0 Å². The molecule has 0 spiro atoms. The van der Waals surface area contributed by atoms with Crippen LogP contribution in [0.1, 0.15) is 36.5 Å². The Hall–Kier alpha value is -1.10. The van der Waals surface area contributed by atoms with E-state index in [-0.39, 0.29) is 36.8 Å². The number of aryl methyl sites for hydroxylation is 1. The Morgan fingerprint density at radius 1 is 1.32 bits per heavy atom. The van der Waals surface area contributed by atoms with E-state index < -0.39 is 6.10 Å². The number of hydrogen-bond acceptors (Lipinski definition) is 3. The summed E-state index contributed by atoms with van der Waals surface area (Å²) in [5.41, 5.74) is 8.16. The Bertz CT molecular complexity index is 518. The Morgan fingerprint density at radius 3 is 2.55 bits per heavy atom. The molecule has 2 saturated carbocycles. The topological polar surface area (TPSA) is 75.3 Å². The van der Waals surface area contributed by atoms with Crippen LogP contribution in [-0.2, 0) is 4.79 Å². The number of benzene rings is 1. The molecule has 0 aromatic heterocycles. The van der Waals surface area contributed by atoms with Gasteiger partial charge in [0, 0.05) is 12.6 Å². The van der Waals surface area contributed by atoms with Crippen molar-refractivity contribution in [1.82, 2.24) is 5.32 Å². The molecule has 5 heteroatoms. The second-order valence-corrected chi connectivity index (χ2v) is 6.61. The minimum Gasteiger partial charge on any atom is -0.387 e. The van der Waals surface area contributed by atoms with Gasteiger partial charge in [-0.1, -0.05) is 29.8 Å². The Balaban J connectivity index is 0.00000176. The molecule has 0 heterocycles. The maximum atomic E-state index is 12.3. The number of hydrogen-bond donors (Lipinski definition) is 3. The molecule has 4 N–H and O–H groups in total. The van der Waals surface area contributed by atoms with Gasteiger partial charge in [0.15, 0.2) is 0 Å². The van der Waals surface area contributed by atoms with E-state index in [4.69, 9.17) is 5.73 Å². The summed E-state index contributed by atoms with van der Waals surface area (Å²) in [6.07, 6.45) is 2.72. The van der Waals surface area contributed by atoms with Crippen LogP contribution in [0.3, 0.4) is 0 Å². The number of amides is 1. The van der Waals surface area contributed by atoms with Crippen molar-refractivity contribution in [2.75, 3.05) is 6.54 Å². The van der Waals surface area contributed by atoms with Crippen LogP contribution >= 0.6 is 12.4 Å². The van der Waals surface area contributed by atoms with Crippen molar-refractivity contribution >= 4 is 18.3 Å². The van der Waals surface area contributed by atoms with Gasteiger partial charge in [0.2, 0.25) is 5.91 Å². The van der Waals surface area contributed by atoms with Crippen LogP contribution in [0.5, 0.6) is 0 Å². The van der Waals surface area contributed by atoms with E-state index in [1.54, 1.807) is 0 Å². The maximum Gasteiger partial charge on any atom is 0.225 e. The van der Waals surface area contributed by atoms with Crippen molar-refractivity contribution in [2.24, 2.45) is 23.5 Å². The van der Waals surface area contributed by atoms with E-state index in [0.717, 1.165) is 24.0 Å². The minimum atomic E-state index is -0.663. The van der Waals surface area contributed by atoms with Crippen LogP contribution in [0.2, 0.25) is 0 Å². The van der Waals surface area contributed by atoms with Gasteiger partial charge in [-0.25, -0.2) is 0 Å². The van der Waals surface area contributed by atoms with Gasteiger partial charge in [0.05, 0.1) is 12.0 Å². The number of carbonyl (C=O) groups excluding carboxylic acids is 1. The predicted octanol–water partition coefficient (Wildman–Crippen LogP) is 1.94. The average Bonchev–Trinajstić information content (AvgIpc) is 3.06. The molecule has 2 aliphatic rings. The van der Waals surface area contributed by atoms with E-state index >= 15 is 0 Å². The molecule has 0 radical (unpaired) electrons. The zero-order valence-corrected chi connectivity index (χ0v) is 13.7. The first-order valence-corrected chi connectivity index (χ1v) is 7.84. The van der Waals surface area contributed by atoms with Gasteiger partial charge in [-0.3, -0.25) is 4.79 Å². The minimum absolute atomic E-state index is 0. The third-order valence-electron chi connectivity index (χ3n) is 5.22. The second-order valence-electron chi connectivity index (χ2n) is 6.61. The first-order chi connectivity index (χ1) is 10.1. The number of halogens is 1. The maximum absolute atomic E-state index is 12.3. The van der Waals surface area contributed by atoms with Crippen LogP contribution < -0.4 is 11.1 Å². The first kappa shape index (κ1) is 17.3.